The Morgan fingerprint density at radius 1 is 1.41 bits per heavy atom. The Bertz CT molecular complexity index is 457. The van der Waals surface area contributed by atoms with Crippen LogP contribution in [0.15, 0.2) is 5.38 Å². The van der Waals surface area contributed by atoms with Gasteiger partial charge in [-0.3, -0.25) is 0 Å². The van der Waals surface area contributed by atoms with E-state index in [1.807, 2.05) is 26.2 Å². The van der Waals surface area contributed by atoms with E-state index in [1.165, 1.54) is 11.3 Å². The number of rotatable bonds is 5. The third kappa shape index (κ3) is 4.73. The molecule has 0 aromatic carbocycles. The van der Waals surface area contributed by atoms with Gasteiger partial charge in [-0.1, -0.05) is 20.8 Å². The topological polar surface area (TPSA) is 67.3 Å². The van der Waals surface area contributed by atoms with Crippen LogP contribution in [0, 0.1) is 0 Å². The molecule has 17 heavy (non-hydrogen) atoms. The van der Waals surface area contributed by atoms with Gasteiger partial charge in [0.15, 0.2) is 9.84 Å². The van der Waals surface area contributed by atoms with E-state index in [9.17, 15) is 8.42 Å². The molecule has 0 aliphatic carbocycles. The predicted octanol–water partition coefficient (Wildman–Crippen LogP) is 1.74. The third-order valence-corrected chi connectivity index (χ3v) is 4.93. The number of aromatic nitrogens is 1. The van der Waals surface area contributed by atoms with Gasteiger partial charge in [0.2, 0.25) is 0 Å². The Morgan fingerprint density at radius 3 is 2.53 bits per heavy atom. The van der Waals surface area contributed by atoms with Crippen LogP contribution in [0.5, 0.6) is 0 Å². The fourth-order valence-corrected chi connectivity index (χ4v) is 4.04. The molecule has 0 saturated carbocycles. The Labute approximate surface area is 107 Å². The summed E-state index contributed by atoms with van der Waals surface area (Å²) in [7, 11) is -3.14. The van der Waals surface area contributed by atoms with Gasteiger partial charge in [0.05, 0.1) is 11.4 Å². The highest BCUT2D eigenvalue weighted by atomic mass is 32.2. The van der Waals surface area contributed by atoms with Gasteiger partial charge in [0.1, 0.15) is 10.8 Å². The van der Waals surface area contributed by atoms with Crippen LogP contribution in [0.4, 0.5) is 0 Å². The number of nitrogens with zero attached hydrogens (tertiary/aromatic N) is 1. The highest BCUT2D eigenvalue weighted by molar-refractivity contribution is 7.90. The van der Waals surface area contributed by atoms with Crippen molar-refractivity contribution in [2.75, 3.05) is 12.4 Å². The Kier molecular flexibility index (Phi) is 4.69. The molecule has 0 aliphatic rings. The number of thiazole rings is 1. The highest BCUT2D eigenvalue weighted by Gasteiger charge is 2.20. The molecule has 0 aliphatic heterocycles. The highest BCUT2D eigenvalue weighted by Crippen LogP contribution is 2.24. The van der Waals surface area contributed by atoms with Crippen molar-refractivity contribution in [3.8, 4) is 0 Å². The summed E-state index contributed by atoms with van der Waals surface area (Å²) in [5.74, 6) is 0.00166. The van der Waals surface area contributed by atoms with Crippen molar-refractivity contribution >= 4 is 21.2 Å². The summed E-state index contributed by atoms with van der Waals surface area (Å²) in [5.41, 5.74) is 0.874. The smallest absolute Gasteiger partial charge is 0.156 e. The average Bonchev–Trinajstić information content (AvgIpc) is 2.62. The van der Waals surface area contributed by atoms with E-state index in [1.54, 1.807) is 0 Å². The zero-order valence-corrected chi connectivity index (χ0v) is 12.1. The SMILES string of the molecule is CC(C)(C)c1csc(CS(=O)(=O)CCCO)n1. The van der Waals surface area contributed by atoms with Gasteiger partial charge < -0.3 is 5.11 Å². The first kappa shape index (κ1) is 14.6. The molecule has 0 saturated heterocycles. The number of hydrogen-bond acceptors (Lipinski definition) is 5. The van der Waals surface area contributed by atoms with E-state index in [0.29, 0.717) is 11.4 Å². The molecule has 0 atom stereocenters. The van der Waals surface area contributed by atoms with E-state index in [-0.39, 0.29) is 23.5 Å². The molecule has 1 aromatic rings. The normalized spacial score (nSPS) is 12.9. The molecule has 0 bridgehead atoms. The molecule has 1 aromatic heterocycles. The lowest BCUT2D eigenvalue weighted by atomic mass is 9.93. The molecule has 0 unspecified atom stereocenters. The second-order valence-electron chi connectivity index (χ2n) is 5.05. The zero-order chi connectivity index (χ0) is 13.1. The van der Waals surface area contributed by atoms with E-state index < -0.39 is 9.84 Å². The fraction of sp³-hybridized carbons (Fsp3) is 0.727. The van der Waals surface area contributed by atoms with Crippen molar-refractivity contribution in [2.24, 2.45) is 0 Å². The third-order valence-electron chi connectivity index (χ3n) is 2.28. The standard InChI is InChI=1S/C11H19NO3S2/c1-11(2,3)9-7-16-10(12-9)8-17(14,15)6-4-5-13/h7,13H,4-6,8H2,1-3H3. The number of aliphatic hydroxyl groups is 1. The maximum absolute atomic E-state index is 11.7. The molecular weight excluding hydrogens is 258 g/mol. The lowest BCUT2D eigenvalue weighted by Gasteiger charge is -2.14. The second-order valence-corrected chi connectivity index (χ2v) is 8.17. The van der Waals surface area contributed by atoms with Crippen LogP contribution >= 0.6 is 11.3 Å². The minimum Gasteiger partial charge on any atom is -0.396 e. The van der Waals surface area contributed by atoms with Crippen LogP contribution in [-0.2, 0) is 21.0 Å². The Balaban J connectivity index is 2.73. The molecule has 1 heterocycles. The first-order valence-corrected chi connectivity index (χ1v) is 8.21. The van der Waals surface area contributed by atoms with Crippen molar-refractivity contribution in [1.29, 1.82) is 0 Å². The van der Waals surface area contributed by atoms with Crippen LogP contribution in [0.25, 0.3) is 0 Å². The molecular formula is C11H19NO3S2. The number of hydrogen-bond donors (Lipinski definition) is 1. The Morgan fingerprint density at radius 2 is 2.06 bits per heavy atom. The predicted molar refractivity (Wildman–Crippen MR) is 70.0 cm³/mol. The fourth-order valence-electron chi connectivity index (χ4n) is 1.27. The van der Waals surface area contributed by atoms with Gasteiger partial charge in [-0.15, -0.1) is 11.3 Å². The van der Waals surface area contributed by atoms with Crippen LogP contribution in [-0.4, -0.2) is 30.9 Å². The average molecular weight is 277 g/mol. The van der Waals surface area contributed by atoms with E-state index in [4.69, 9.17) is 5.11 Å². The number of aliphatic hydroxyl groups excluding tert-OH is 1. The summed E-state index contributed by atoms with van der Waals surface area (Å²) in [6.07, 6.45) is 0.292. The van der Waals surface area contributed by atoms with Crippen LogP contribution in [0.2, 0.25) is 0 Å². The van der Waals surface area contributed by atoms with Crippen molar-refractivity contribution in [1.82, 2.24) is 4.98 Å². The molecule has 98 valence electrons. The summed E-state index contributed by atoms with van der Waals surface area (Å²) in [5, 5.41) is 11.2. The van der Waals surface area contributed by atoms with E-state index >= 15 is 0 Å². The van der Waals surface area contributed by atoms with E-state index in [0.717, 1.165) is 5.69 Å². The lowest BCUT2D eigenvalue weighted by molar-refractivity contribution is 0.295. The monoisotopic (exact) mass is 277 g/mol. The van der Waals surface area contributed by atoms with Crippen LogP contribution < -0.4 is 0 Å². The summed E-state index contributed by atoms with van der Waals surface area (Å²) in [6.45, 7) is 6.05. The van der Waals surface area contributed by atoms with Crippen molar-refractivity contribution < 1.29 is 13.5 Å². The molecule has 0 spiro atoms. The maximum Gasteiger partial charge on any atom is 0.156 e. The lowest BCUT2D eigenvalue weighted by Crippen LogP contribution is -2.13. The van der Waals surface area contributed by atoms with Gasteiger partial charge in [0, 0.05) is 17.4 Å². The quantitative estimate of drug-likeness (QED) is 0.890. The molecule has 1 N–H and O–H groups in total. The molecule has 0 fully saturated rings. The second kappa shape index (κ2) is 5.46. The first-order chi connectivity index (χ1) is 7.74. The molecule has 1 rings (SSSR count). The van der Waals surface area contributed by atoms with Crippen molar-refractivity contribution in [2.45, 2.75) is 38.4 Å². The number of sulfone groups is 1. The molecule has 0 amide bonds. The van der Waals surface area contributed by atoms with Crippen molar-refractivity contribution in [3.63, 3.8) is 0 Å². The van der Waals surface area contributed by atoms with Crippen LogP contribution in [0.3, 0.4) is 0 Å². The van der Waals surface area contributed by atoms with Gasteiger partial charge in [-0.05, 0) is 6.42 Å². The summed E-state index contributed by atoms with van der Waals surface area (Å²) in [4.78, 5) is 4.35. The molecule has 6 heteroatoms. The van der Waals surface area contributed by atoms with Gasteiger partial charge >= 0.3 is 0 Å². The minimum absolute atomic E-state index is 0.0201. The maximum atomic E-state index is 11.7. The largest absolute Gasteiger partial charge is 0.396 e. The van der Waals surface area contributed by atoms with Crippen molar-refractivity contribution in [3.05, 3.63) is 16.1 Å². The minimum atomic E-state index is -3.14. The zero-order valence-electron chi connectivity index (χ0n) is 10.4. The van der Waals surface area contributed by atoms with Gasteiger partial charge in [0.25, 0.3) is 0 Å². The van der Waals surface area contributed by atoms with E-state index in [2.05, 4.69) is 4.98 Å². The van der Waals surface area contributed by atoms with Crippen LogP contribution in [0.1, 0.15) is 37.9 Å². The Hall–Kier alpha value is -0.460. The molecule has 0 radical (unpaired) electrons. The summed E-state index contributed by atoms with van der Waals surface area (Å²) < 4.78 is 23.3. The van der Waals surface area contributed by atoms with Gasteiger partial charge in [-0.25, -0.2) is 13.4 Å². The summed E-state index contributed by atoms with van der Waals surface area (Å²) in [6, 6.07) is 0. The van der Waals surface area contributed by atoms with Gasteiger partial charge in [-0.2, -0.15) is 0 Å². The molecule has 4 nitrogen and oxygen atoms in total. The first-order valence-electron chi connectivity index (χ1n) is 5.51. The summed E-state index contributed by atoms with van der Waals surface area (Å²) >= 11 is 1.38.